The molecule has 17 heavy (non-hydrogen) atoms. The number of hydrogen-bond donors (Lipinski definition) is 2. The number of aromatic nitrogens is 2. The van der Waals surface area contributed by atoms with E-state index in [0.29, 0.717) is 6.54 Å². The van der Waals surface area contributed by atoms with Crippen molar-refractivity contribution >= 4 is 10.0 Å². The van der Waals surface area contributed by atoms with E-state index in [0.717, 1.165) is 19.3 Å². The molecule has 2 unspecified atom stereocenters. The Bertz CT molecular complexity index is 455. The number of aromatic amines is 1. The van der Waals surface area contributed by atoms with E-state index in [1.54, 1.807) is 0 Å². The molecule has 7 heteroatoms. The van der Waals surface area contributed by atoms with Crippen molar-refractivity contribution in [3.8, 4) is 0 Å². The smallest absolute Gasteiger partial charge is 0.260 e. The topological polar surface area (TPSA) is 92.1 Å². The molecule has 1 fully saturated rings. The first-order valence-electron chi connectivity index (χ1n) is 5.80. The highest BCUT2D eigenvalue weighted by Crippen LogP contribution is 2.25. The van der Waals surface area contributed by atoms with E-state index in [2.05, 4.69) is 10.2 Å². The van der Waals surface area contributed by atoms with Gasteiger partial charge >= 0.3 is 0 Å². The van der Waals surface area contributed by atoms with Gasteiger partial charge in [0.2, 0.25) is 0 Å². The van der Waals surface area contributed by atoms with Crippen LogP contribution in [0.5, 0.6) is 0 Å². The summed E-state index contributed by atoms with van der Waals surface area (Å²) >= 11 is 0. The predicted octanol–water partition coefficient (Wildman–Crippen LogP) is 0.300. The molecule has 6 nitrogen and oxygen atoms in total. The first-order chi connectivity index (χ1) is 8.03. The van der Waals surface area contributed by atoms with E-state index in [1.165, 1.54) is 16.6 Å². The fourth-order valence-electron chi connectivity index (χ4n) is 2.27. The summed E-state index contributed by atoms with van der Waals surface area (Å²) in [7, 11) is -3.48. The van der Waals surface area contributed by atoms with Crippen molar-refractivity contribution in [3.63, 3.8) is 0 Å². The van der Waals surface area contributed by atoms with Crippen LogP contribution in [0.4, 0.5) is 0 Å². The summed E-state index contributed by atoms with van der Waals surface area (Å²) < 4.78 is 26.2. The molecule has 0 bridgehead atoms. The number of nitrogens with one attached hydrogen (secondary N) is 1. The molecule has 2 atom stereocenters. The number of sulfonamides is 1. The van der Waals surface area contributed by atoms with Crippen molar-refractivity contribution in [2.45, 2.75) is 43.3 Å². The molecule has 2 heterocycles. The molecule has 96 valence electrons. The molecule has 3 N–H and O–H groups in total. The van der Waals surface area contributed by atoms with Gasteiger partial charge < -0.3 is 5.73 Å². The van der Waals surface area contributed by atoms with Crippen LogP contribution in [-0.2, 0) is 10.0 Å². The third-order valence-electron chi connectivity index (χ3n) is 3.17. The first-order valence-corrected chi connectivity index (χ1v) is 7.24. The Balaban J connectivity index is 2.31. The SMILES string of the molecule is CC(N)C1CCCCN1S(=O)(=O)c1ccn[nH]1. The molecule has 1 aliphatic rings. The van der Waals surface area contributed by atoms with Gasteiger partial charge in [-0.15, -0.1) is 0 Å². The maximum Gasteiger partial charge on any atom is 0.260 e. The minimum absolute atomic E-state index is 0.114. The first kappa shape index (κ1) is 12.5. The summed E-state index contributed by atoms with van der Waals surface area (Å²) in [6.07, 6.45) is 4.18. The number of hydrogen-bond acceptors (Lipinski definition) is 4. The maximum absolute atomic E-state index is 12.4. The Morgan fingerprint density at radius 1 is 1.59 bits per heavy atom. The molecule has 1 aliphatic heterocycles. The molecule has 0 aromatic carbocycles. The van der Waals surface area contributed by atoms with Crippen molar-refractivity contribution in [2.24, 2.45) is 5.73 Å². The lowest BCUT2D eigenvalue weighted by atomic mass is 10.00. The van der Waals surface area contributed by atoms with Gasteiger partial charge in [-0.05, 0) is 25.8 Å². The second kappa shape index (κ2) is 4.75. The number of H-pyrrole nitrogens is 1. The Morgan fingerprint density at radius 2 is 2.35 bits per heavy atom. The van der Waals surface area contributed by atoms with E-state index in [1.807, 2.05) is 6.92 Å². The molecule has 1 saturated heterocycles. The van der Waals surface area contributed by atoms with E-state index in [4.69, 9.17) is 5.73 Å². The van der Waals surface area contributed by atoms with Crippen LogP contribution in [0.2, 0.25) is 0 Å². The summed E-state index contributed by atoms with van der Waals surface area (Å²) in [5, 5.41) is 6.35. The Hall–Kier alpha value is -0.920. The van der Waals surface area contributed by atoms with Crippen LogP contribution in [0.3, 0.4) is 0 Å². The van der Waals surface area contributed by atoms with Crippen molar-refractivity contribution < 1.29 is 8.42 Å². The second-order valence-corrected chi connectivity index (χ2v) is 6.32. The zero-order chi connectivity index (χ0) is 12.5. The monoisotopic (exact) mass is 258 g/mol. The summed E-state index contributed by atoms with van der Waals surface area (Å²) in [6, 6.07) is 1.20. The average molecular weight is 258 g/mol. The molecular weight excluding hydrogens is 240 g/mol. The van der Waals surface area contributed by atoms with Crippen LogP contribution in [0.1, 0.15) is 26.2 Å². The van der Waals surface area contributed by atoms with Gasteiger partial charge in [0.1, 0.15) is 0 Å². The minimum atomic E-state index is -3.48. The van der Waals surface area contributed by atoms with E-state index in [9.17, 15) is 8.42 Å². The van der Waals surface area contributed by atoms with Gasteiger partial charge in [-0.25, -0.2) is 8.42 Å². The molecule has 2 rings (SSSR count). The summed E-state index contributed by atoms with van der Waals surface area (Å²) in [4.78, 5) is 0. The highest BCUT2D eigenvalue weighted by molar-refractivity contribution is 7.89. The lowest BCUT2D eigenvalue weighted by molar-refractivity contribution is 0.226. The van der Waals surface area contributed by atoms with Crippen molar-refractivity contribution in [1.82, 2.24) is 14.5 Å². The molecule has 0 amide bonds. The maximum atomic E-state index is 12.4. The minimum Gasteiger partial charge on any atom is -0.326 e. The van der Waals surface area contributed by atoms with Gasteiger partial charge in [0.05, 0.1) is 6.20 Å². The van der Waals surface area contributed by atoms with Gasteiger partial charge in [-0.3, -0.25) is 5.10 Å². The Morgan fingerprint density at radius 3 is 2.94 bits per heavy atom. The van der Waals surface area contributed by atoms with E-state index in [-0.39, 0.29) is 17.1 Å². The molecule has 0 saturated carbocycles. The average Bonchev–Trinajstić information content (AvgIpc) is 2.83. The molecule has 1 aromatic rings. The van der Waals surface area contributed by atoms with Gasteiger partial charge in [0.15, 0.2) is 5.03 Å². The van der Waals surface area contributed by atoms with E-state index >= 15 is 0 Å². The molecule has 0 spiro atoms. The zero-order valence-corrected chi connectivity index (χ0v) is 10.7. The summed E-state index contributed by atoms with van der Waals surface area (Å²) in [6.45, 7) is 2.39. The third-order valence-corrected chi connectivity index (χ3v) is 5.02. The van der Waals surface area contributed by atoms with Crippen LogP contribution in [0.25, 0.3) is 0 Å². The third kappa shape index (κ3) is 2.36. The molecule has 0 aliphatic carbocycles. The molecule has 0 radical (unpaired) electrons. The van der Waals surface area contributed by atoms with Crippen molar-refractivity contribution in [1.29, 1.82) is 0 Å². The fourth-order valence-corrected chi connectivity index (χ4v) is 3.94. The quantitative estimate of drug-likeness (QED) is 0.815. The van der Waals surface area contributed by atoms with Crippen LogP contribution in [0.15, 0.2) is 17.3 Å². The largest absolute Gasteiger partial charge is 0.326 e. The normalized spacial score (nSPS) is 24.7. The van der Waals surface area contributed by atoms with Crippen molar-refractivity contribution in [2.75, 3.05) is 6.54 Å². The van der Waals surface area contributed by atoms with Gasteiger partial charge in [-0.1, -0.05) is 6.42 Å². The van der Waals surface area contributed by atoms with Crippen LogP contribution >= 0.6 is 0 Å². The predicted molar refractivity (Wildman–Crippen MR) is 63.8 cm³/mol. The number of nitrogens with zero attached hydrogens (tertiary/aromatic N) is 2. The Labute approximate surface area is 101 Å². The van der Waals surface area contributed by atoms with Gasteiger partial charge in [-0.2, -0.15) is 9.40 Å². The van der Waals surface area contributed by atoms with Crippen LogP contribution < -0.4 is 5.73 Å². The van der Waals surface area contributed by atoms with Gasteiger partial charge in [0.25, 0.3) is 10.0 Å². The second-order valence-electron chi connectivity index (χ2n) is 4.46. The number of piperidine rings is 1. The highest BCUT2D eigenvalue weighted by Gasteiger charge is 2.35. The van der Waals surface area contributed by atoms with Gasteiger partial charge in [0, 0.05) is 18.6 Å². The van der Waals surface area contributed by atoms with E-state index < -0.39 is 10.0 Å². The number of nitrogens with two attached hydrogens (primary N) is 1. The van der Waals surface area contributed by atoms with Crippen LogP contribution in [-0.4, -0.2) is 41.5 Å². The lowest BCUT2D eigenvalue weighted by Gasteiger charge is -2.36. The molecular formula is C10H18N4O2S. The van der Waals surface area contributed by atoms with Crippen LogP contribution in [0, 0.1) is 0 Å². The Kier molecular flexibility index (Phi) is 3.50. The number of rotatable bonds is 3. The fraction of sp³-hybridized carbons (Fsp3) is 0.700. The lowest BCUT2D eigenvalue weighted by Crippen LogP contribution is -2.51. The molecule has 1 aromatic heterocycles. The summed E-state index contributed by atoms with van der Waals surface area (Å²) in [5.74, 6) is 0. The zero-order valence-electron chi connectivity index (χ0n) is 9.83. The highest BCUT2D eigenvalue weighted by atomic mass is 32.2. The summed E-state index contributed by atoms with van der Waals surface area (Å²) in [5.41, 5.74) is 5.88. The van der Waals surface area contributed by atoms with Crippen molar-refractivity contribution in [3.05, 3.63) is 12.3 Å². The standard InChI is InChI=1S/C10H18N4O2S/c1-8(11)9-4-2-3-7-14(9)17(15,16)10-5-6-12-13-10/h5-6,8-9H,2-4,7,11H2,1H3,(H,12,13).